The van der Waals surface area contributed by atoms with Crippen molar-refractivity contribution in [1.29, 1.82) is 0 Å². The van der Waals surface area contributed by atoms with Crippen molar-refractivity contribution in [2.24, 2.45) is 0 Å². The van der Waals surface area contributed by atoms with Gasteiger partial charge in [0.15, 0.2) is 0 Å². The van der Waals surface area contributed by atoms with E-state index in [-0.39, 0.29) is 23.8 Å². The highest BCUT2D eigenvalue weighted by atomic mass is 19.4. The summed E-state index contributed by atoms with van der Waals surface area (Å²) in [4.78, 5) is 26.7. The fourth-order valence-corrected chi connectivity index (χ4v) is 3.49. The maximum absolute atomic E-state index is 12.8. The normalized spacial score (nSPS) is 15.4. The summed E-state index contributed by atoms with van der Waals surface area (Å²) in [6.45, 7) is 6.48. The Morgan fingerprint density at radius 3 is 2.22 bits per heavy atom. The number of hydrogen-bond donors (Lipinski definition) is 1. The van der Waals surface area contributed by atoms with E-state index in [9.17, 15) is 22.8 Å². The SMILES string of the molecule is CC(C)(C)OC(=O)N1CCC(n2cccc2C(=O)Nc2ccc(OC(F)(F)F)cc2)CC1. The zero-order valence-corrected chi connectivity index (χ0v) is 18.1. The Morgan fingerprint density at radius 2 is 1.66 bits per heavy atom. The molecule has 1 fully saturated rings. The molecule has 0 radical (unpaired) electrons. The summed E-state index contributed by atoms with van der Waals surface area (Å²) in [5.74, 6) is -0.746. The molecule has 3 rings (SSSR count). The Balaban J connectivity index is 1.60. The molecule has 2 amide bonds. The van der Waals surface area contributed by atoms with Crippen LogP contribution in [0.4, 0.5) is 23.7 Å². The lowest BCUT2D eigenvalue weighted by Gasteiger charge is -2.34. The number of piperidine rings is 1. The second-order valence-electron chi connectivity index (χ2n) is 8.53. The van der Waals surface area contributed by atoms with Crippen LogP contribution in [0.2, 0.25) is 0 Å². The molecule has 10 heteroatoms. The van der Waals surface area contributed by atoms with Crippen LogP contribution in [0.25, 0.3) is 0 Å². The summed E-state index contributed by atoms with van der Waals surface area (Å²) >= 11 is 0. The summed E-state index contributed by atoms with van der Waals surface area (Å²) in [5, 5.41) is 2.69. The summed E-state index contributed by atoms with van der Waals surface area (Å²) in [6, 6.07) is 8.42. The molecule has 7 nitrogen and oxygen atoms in total. The molecule has 0 aliphatic carbocycles. The molecule has 32 heavy (non-hydrogen) atoms. The van der Waals surface area contributed by atoms with Gasteiger partial charge >= 0.3 is 12.5 Å². The molecule has 0 unspecified atom stereocenters. The van der Waals surface area contributed by atoms with E-state index in [1.165, 1.54) is 12.1 Å². The minimum absolute atomic E-state index is 0.0343. The van der Waals surface area contributed by atoms with Crippen molar-refractivity contribution < 1.29 is 32.2 Å². The number of rotatable bonds is 4. The van der Waals surface area contributed by atoms with Crippen molar-refractivity contribution in [3.8, 4) is 5.75 Å². The van der Waals surface area contributed by atoms with Crippen LogP contribution in [0.5, 0.6) is 5.75 Å². The number of benzene rings is 1. The van der Waals surface area contributed by atoms with Crippen LogP contribution in [-0.4, -0.2) is 46.5 Å². The average Bonchev–Trinajstić information content (AvgIpc) is 3.17. The van der Waals surface area contributed by atoms with Crippen LogP contribution in [0.1, 0.15) is 50.1 Å². The molecule has 2 heterocycles. The molecule has 1 aliphatic rings. The van der Waals surface area contributed by atoms with Gasteiger partial charge in [-0.05, 0) is 70.0 Å². The topological polar surface area (TPSA) is 72.8 Å². The van der Waals surface area contributed by atoms with E-state index in [1.54, 1.807) is 17.0 Å². The summed E-state index contributed by atoms with van der Waals surface area (Å²) in [6.07, 6.45) is -1.98. The van der Waals surface area contributed by atoms with Gasteiger partial charge in [0.05, 0.1) is 0 Å². The predicted molar refractivity (Wildman–Crippen MR) is 112 cm³/mol. The Kier molecular flexibility index (Phi) is 6.71. The van der Waals surface area contributed by atoms with E-state index in [0.29, 0.717) is 37.3 Å². The number of amides is 2. The van der Waals surface area contributed by atoms with Crippen LogP contribution >= 0.6 is 0 Å². The number of aromatic nitrogens is 1. The van der Waals surface area contributed by atoms with Crippen molar-refractivity contribution >= 4 is 17.7 Å². The molecule has 0 bridgehead atoms. The van der Waals surface area contributed by atoms with E-state index in [2.05, 4.69) is 10.1 Å². The molecule has 1 aromatic heterocycles. The van der Waals surface area contributed by atoms with E-state index in [4.69, 9.17) is 4.74 Å². The minimum Gasteiger partial charge on any atom is -0.444 e. The molecule has 1 saturated heterocycles. The Morgan fingerprint density at radius 1 is 1.03 bits per heavy atom. The molecule has 174 valence electrons. The summed E-state index contributed by atoms with van der Waals surface area (Å²) in [5.41, 5.74) is 0.213. The number of anilines is 1. The maximum Gasteiger partial charge on any atom is 0.573 e. The lowest BCUT2D eigenvalue weighted by molar-refractivity contribution is -0.274. The van der Waals surface area contributed by atoms with Gasteiger partial charge in [-0.25, -0.2) is 4.79 Å². The second kappa shape index (κ2) is 9.13. The van der Waals surface area contributed by atoms with Gasteiger partial charge in [-0.15, -0.1) is 13.2 Å². The van der Waals surface area contributed by atoms with Gasteiger partial charge < -0.3 is 24.3 Å². The third kappa shape index (κ3) is 6.41. The lowest BCUT2D eigenvalue weighted by atomic mass is 10.0. The molecule has 1 aliphatic heterocycles. The molecule has 1 aromatic carbocycles. The smallest absolute Gasteiger partial charge is 0.444 e. The molecular weight excluding hydrogens is 427 g/mol. The highest BCUT2D eigenvalue weighted by Crippen LogP contribution is 2.27. The highest BCUT2D eigenvalue weighted by Gasteiger charge is 2.31. The Labute approximate surface area is 184 Å². The van der Waals surface area contributed by atoms with Crippen molar-refractivity contribution in [2.75, 3.05) is 18.4 Å². The van der Waals surface area contributed by atoms with Gasteiger partial charge in [-0.3, -0.25) is 4.79 Å². The minimum atomic E-state index is -4.77. The largest absolute Gasteiger partial charge is 0.573 e. The fourth-order valence-electron chi connectivity index (χ4n) is 3.49. The average molecular weight is 453 g/mol. The zero-order chi connectivity index (χ0) is 23.5. The van der Waals surface area contributed by atoms with Gasteiger partial charge in [-0.2, -0.15) is 0 Å². The molecule has 2 aromatic rings. The first kappa shape index (κ1) is 23.5. The highest BCUT2D eigenvalue weighted by molar-refractivity contribution is 6.03. The molecule has 0 spiro atoms. The first-order chi connectivity index (χ1) is 14.9. The zero-order valence-electron chi connectivity index (χ0n) is 18.1. The van der Waals surface area contributed by atoms with Crippen molar-refractivity contribution in [3.05, 3.63) is 48.3 Å². The Bertz CT molecular complexity index is 941. The van der Waals surface area contributed by atoms with Crippen LogP contribution in [0, 0.1) is 0 Å². The second-order valence-corrected chi connectivity index (χ2v) is 8.53. The van der Waals surface area contributed by atoms with E-state index < -0.39 is 12.0 Å². The number of carbonyl (C=O) groups is 2. The van der Waals surface area contributed by atoms with E-state index in [0.717, 1.165) is 12.1 Å². The van der Waals surface area contributed by atoms with E-state index in [1.807, 2.05) is 31.5 Å². The first-order valence-corrected chi connectivity index (χ1v) is 10.2. The van der Waals surface area contributed by atoms with E-state index >= 15 is 0 Å². The number of hydrogen-bond acceptors (Lipinski definition) is 4. The summed E-state index contributed by atoms with van der Waals surface area (Å²) < 4.78 is 47.9. The molecule has 0 atom stereocenters. The van der Waals surface area contributed by atoms with Crippen molar-refractivity contribution in [3.63, 3.8) is 0 Å². The monoisotopic (exact) mass is 453 g/mol. The van der Waals surface area contributed by atoms with Crippen LogP contribution in [0.15, 0.2) is 42.6 Å². The number of halogens is 3. The van der Waals surface area contributed by atoms with Crippen molar-refractivity contribution in [1.82, 2.24) is 9.47 Å². The van der Waals surface area contributed by atoms with Gasteiger partial charge in [0, 0.05) is 31.0 Å². The molecule has 1 N–H and O–H groups in total. The maximum atomic E-state index is 12.8. The lowest BCUT2D eigenvalue weighted by Crippen LogP contribution is -2.42. The van der Waals surface area contributed by atoms with Crippen LogP contribution < -0.4 is 10.1 Å². The van der Waals surface area contributed by atoms with Gasteiger partial charge in [0.25, 0.3) is 5.91 Å². The number of ether oxygens (including phenoxy) is 2. The van der Waals surface area contributed by atoms with Crippen LogP contribution in [-0.2, 0) is 4.74 Å². The Hall–Kier alpha value is -3.17. The van der Waals surface area contributed by atoms with Gasteiger partial charge in [-0.1, -0.05) is 0 Å². The third-order valence-corrected chi connectivity index (χ3v) is 4.87. The van der Waals surface area contributed by atoms with Gasteiger partial charge in [0.1, 0.15) is 17.0 Å². The number of carbonyl (C=O) groups excluding carboxylic acids is 2. The molecule has 0 saturated carbocycles. The number of alkyl halides is 3. The first-order valence-electron chi connectivity index (χ1n) is 10.2. The molecular formula is C22H26F3N3O4. The summed E-state index contributed by atoms with van der Waals surface area (Å²) in [7, 11) is 0. The van der Waals surface area contributed by atoms with Crippen LogP contribution in [0.3, 0.4) is 0 Å². The number of likely N-dealkylation sites (tertiary alicyclic amines) is 1. The number of nitrogens with zero attached hydrogens (tertiary/aromatic N) is 2. The standard InChI is InChI=1S/C22H26F3N3O4/c1-21(2,3)32-20(30)27-13-10-16(11-14-27)28-12-4-5-18(28)19(29)26-15-6-8-17(9-7-15)31-22(23,24)25/h4-9,12,16H,10-11,13-14H2,1-3H3,(H,26,29). The predicted octanol–water partition coefficient (Wildman–Crippen LogP) is 5.21. The van der Waals surface area contributed by atoms with Gasteiger partial charge in [0.2, 0.25) is 0 Å². The third-order valence-electron chi connectivity index (χ3n) is 4.87. The van der Waals surface area contributed by atoms with Crippen molar-refractivity contribution in [2.45, 2.75) is 51.6 Å². The fraction of sp³-hybridized carbons (Fsp3) is 0.455. The number of nitrogens with one attached hydrogen (secondary N) is 1. The quantitative estimate of drug-likeness (QED) is 0.690.